The van der Waals surface area contributed by atoms with Crippen LogP contribution in [0.5, 0.6) is 0 Å². The topological polar surface area (TPSA) is 41.0 Å². The third-order valence-corrected chi connectivity index (χ3v) is 1.14. The molecule has 0 atom stereocenters. The first-order chi connectivity index (χ1) is 4.84. The van der Waals surface area contributed by atoms with Crippen molar-refractivity contribution >= 4 is 18.9 Å². The first-order valence-electron chi connectivity index (χ1n) is 2.95. The van der Waals surface area contributed by atoms with Gasteiger partial charge in [-0.1, -0.05) is 6.58 Å². The van der Waals surface area contributed by atoms with Gasteiger partial charge in [0.05, 0.1) is 11.5 Å². The lowest BCUT2D eigenvalue weighted by Gasteiger charge is -1.71. The van der Waals surface area contributed by atoms with Crippen molar-refractivity contribution < 1.29 is 0 Å². The number of aromatic amines is 1. The Bertz CT molecular complexity index is 321. The van der Waals surface area contributed by atoms with E-state index < -0.39 is 0 Å². The summed E-state index contributed by atoms with van der Waals surface area (Å²) in [5.41, 5.74) is 0. The van der Waals surface area contributed by atoms with Crippen LogP contribution in [0.15, 0.2) is 11.2 Å². The highest BCUT2D eigenvalue weighted by atomic mass is 15.1. The van der Waals surface area contributed by atoms with Crippen LogP contribution in [0.25, 0.3) is 12.7 Å². The van der Waals surface area contributed by atoms with Crippen molar-refractivity contribution in [3.63, 3.8) is 0 Å². The lowest BCUT2D eigenvalue weighted by atomic mass is 10.4. The van der Waals surface area contributed by atoms with Crippen molar-refractivity contribution in [2.75, 3.05) is 7.05 Å². The van der Waals surface area contributed by atoms with Crippen LogP contribution in [0, 0.1) is 0 Å². The minimum Gasteiger partial charge on any atom is -0.296 e. The zero-order valence-corrected chi connectivity index (χ0v) is 5.83. The van der Waals surface area contributed by atoms with E-state index >= 15 is 0 Å². The summed E-state index contributed by atoms with van der Waals surface area (Å²) < 4.78 is 0. The fourth-order valence-corrected chi connectivity index (χ4v) is 0.614. The van der Waals surface area contributed by atoms with Crippen molar-refractivity contribution in [2.45, 2.75) is 0 Å². The molecule has 0 saturated carbocycles. The summed E-state index contributed by atoms with van der Waals surface area (Å²) in [4.78, 5) is 3.80. The van der Waals surface area contributed by atoms with Gasteiger partial charge in [0, 0.05) is 18.5 Å². The van der Waals surface area contributed by atoms with Crippen LogP contribution < -0.4 is 10.6 Å². The maximum atomic E-state index is 3.80. The van der Waals surface area contributed by atoms with Crippen LogP contribution in [0.1, 0.15) is 0 Å². The highest BCUT2D eigenvalue weighted by Gasteiger charge is 1.78. The molecule has 3 nitrogen and oxygen atoms in total. The summed E-state index contributed by atoms with van der Waals surface area (Å²) in [5, 5.41) is 8.37. The molecule has 0 saturated heterocycles. The Kier molecular flexibility index (Phi) is 1.99. The average molecular weight is 135 g/mol. The van der Waals surface area contributed by atoms with Crippen molar-refractivity contribution in [3.05, 3.63) is 16.8 Å². The van der Waals surface area contributed by atoms with Gasteiger partial charge < -0.3 is 0 Å². The van der Waals surface area contributed by atoms with Gasteiger partial charge in [-0.3, -0.25) is 10.1 Å². The van der Waals surface area contributed by atoms with E-state index in [4.69, 9.17) is 0 Å². The van der Waals surface area contributed by atoms with E-state index in [1.807, 2.05) is 6.08 Å². The molecule has 1 heterocycles. The van der Waals surface area contributed by atoms with Crippen molar-refractivity contribution in [1.29, 1.82) is 0 Å². The fraction of sp³-hybridized carbons (Fsp3) is 0.143. The predicted octanol–water partition coefficient (Wildman–Crippen LogP) is -0.699. The Labute approximate surface area is 58.8 Å². The SMILES string of the molecule is C=c1cn[nH]/c1=C/C=NC. The first-order valence-corrected chi connectivity index (χ1v) is 2.95. The molecular weight excluding hydrogens is 126 g/mol. The highest BCUT2D eigenvalue weighted by Crippen LogP contribution is 1.55. The summed E-state index contributed by atoms with van der Waals surface area (Å²) in [6, 6.07) is 0. The molecular formula is C7H9N3. The number of nitrogens with zero attached hydrogens (tertiary/aromatic N) is 2. The van der Waals surface area contributed by atoms with Crippen LogP contribution in [-0.2, 0) is 0 Å². The number of H-pyrrole nitrogens is 1. The summed E-state index contributed by atoms with van der Waals surface area (Å²) in [6.45, 7) is 3.75. The summed E-state index contributed by atoms with van der Waals surface area (Å²) in [6.07, 6.45) is 5.20. The van der Waals surface area contributed by atoms with E-state index in [2.05, 4.69) is 21.8 Å². The maximum Gasteiger partial charge on any atom is 0.0659 e. The molecule has 0 aliphatic carbocycles. The Morgan fingerprint density at radius 1 is 1.80 bits per heavy atom. The predicted molar refractivity (Wildman–Crippen MR) is 42.2 cm³/mol. The third kappa shape index (κ3) is 1.31. The summed E-state index contributed by atoms with van der Waals surface area (Å²) >= 11 is 0. The molecule has 1 aromatic rings. The molecule has 0 aliphatic rings. The molecule has 0 spiro atoms. The first kappa shape index (κ1) is 6.74. The monoisotopic (exact) mass is 135 g/mol. The third-order valence-electron chi connectivity index (χ3n) is 1.14. The molecule has 0 radical (unpaired) electrons. The number of aliphatic imine (C=N–C) groups is 1. The second-order valence-corrected chi connectivity index (χ2v) is 1.88. The molecule has 0 aromatic carbocycles. The minimum absolute atomic E-state index is 0.889. The van der Waals surface area contributed by atoms with Crippen LogP contribution in [0.2, 0.25) is 0 Å². The smallest absolute Gasteiger partial charge is 0.0659 e. The van der Waals surface area contributed by atoms with E-state index in [0.717, 1.165) is 10.6 Å². The number of hydrogen-bond donors (Lipinski definition) is 1. The lowest BCUT2D eigenvalue weighted by molar-refractivity contribution is 1.06. The Morgan fingerprint density at radius 3 is 3.10 bits per heavy atom. The number of nitrogens with one attached hydrogen (secondary N) is 1. The lowest BCUT2D eigenvalue weighted by Crippen LogP contribution is -2.20. The molecule has 52 valence electrons. The quantitative estimate of drug-likeness (QED) is 0.508. The van der Waals surface area contributed by atoms with Crippen molar-refractivity contribution in [2.24, 2.45) is 4.99 Å². The van der Waals surface area contributed by atoms with E-state index in [9.17, 15) is 0 Å². The standard InChI is InChI=1S/C7H9N3/c1-6-5-9-10-7(6)3-4-8-2/h3-5,10H,1H2,2H3/b7-3+,8-4?. The van der Waals surface area contributed by atoms with E-state index in [1.165, 1.54) is 0 Å². The Balaban J connectivity index is 3.16. The van der Waals surface area contributed by atoms with Crippen molar-refractivity contribution in [1.82, 2.24) is 10.2 Å². The Morgan fingerprint density at radius 2 is 2.60 bits per heavy atom. The molecule has 1 N–H and O–H groups in total. The van der Waals surface area contributed by atoms with E-state index in [1.54, 1.807) is 19.5 Å². The van der Waals surface area contributed by atoms with Crippen LogP contribution >= 0.6 is 0 Å². The van der Waals surface area contributed by atoms with Gasteiger partial charge in [0.15, 0.2) is 0 Å². The molecule has 1 aromatic heterocycles. The molecule has 0 aliphatic heterocycles. The zero-order chi connectivity index (χ0) is 7.40. The molecule has 0 amide bonds. The molecule has 3 heteroatoms. The number of rotatable bonds is 1. The van der Waals surface area contributed by atoms with Crippen LogP contribution in [0.3, 0.4) is 0 Å². The van der Waals surface area contributed by atoms with Gasteiger partial charge in [0.2, 0.25) is 0 Å². The molecule has 1 rings (SSSR count). The average Bonchev–Trinajstić information content (AvgIpc) is 2.31. The van der Waals surface area contributed by atoms with Gasteiger partial charge in [-0.2, -0.15) is 5.10 Å². The fourth-order valence-electron chi connectivity index (χ4n) is 0.614. The summed E-state index contributed by atoms with van der Waals surface area (Å²) in [5.74, 6) is 0. The second-order valence-electron chi connectivity index (χ2n) is 1.88. The van der Waals surface area contributed by atoms with Gasteiger partial charge in [-0.15, -0.1) is 0 Å². The van der Waals surface area contributed by atoms with Gasteiger partial charge in [0.25, 0.3) is 0 Å². The summed E-state index contributed by atoms with van der Waals surface area (Å²) in [7, 11) is 1.72. The number of aromatic nitrogens is 2. The van der Waals surface area contributed by atoms with E-state index in [0.29, 0.717) is 0 Å². The molecule has 0 fully saturated rings. The van der Waals surface area contributed by atoms with Crippen LogP contribution in [0.4, 0.5) is 0 Å². The molecule has 0 unspecified atom stereocenters. The van der Waals surface area contributed by atoms with Crippen molar-refractivity contribution in [3.8, 4) is 0 Å². The van der Waals surface area contributed by atoms with Gasteiger partial charge >= 0.3 is 0 Å². The number of hydrogen-bond acceptors (Lipinski definition) is 2. The normalized spacial score (nSPS) is 13.1. The van der Waals surface area contributed by atoms with Crippen LogP contribution in [-0.4, -0.2) is 23.5 Å². The van der Waals surface area contributed by atoms with Gasteiger partial charge in [0.1, 0.15) is 0 Å². The zero-order valence-electron chi connectivity index (χ0n) is 5.83. The highest BCUT2D eigenvalue weighted by molar-refractivity contribution is 5.90. The van der Waals surface area contributed by atoms with Gasteiger partial charge in [-0.05, 0) is 6.08 Å². The van der Waals surface area contributed by atoms with E-state index in [-0.39, 0.29) is 0 Å². The Hall–Kier alpha value is -1.38. The molecule has 10 heavy (non-hydrogen) atoms. The maximum absolute atomic E-state index is 3.80. The van der Waals surface area contributed by atoms with Gasteiger partial charge in [-0.25, -0.2) is 0 Å². The second kappa shape index (κ2) is 2.96. The largest absolute Gasteiger partial charge is 0.296 e. The minimum atomic E-state index is 0.889. The molecule has 0 bridgehead atoms.